The summed E-state index contributed by atoms with van der Waals surface area (Å²) >= 11 is 4.96. The van der Waals surface area contributed by atoms with E-state index in [0.29, 0.717) is 11.3 Å². The monoisotopic (exact) mass is 352 g/mol. The van der Waals surface area contributed by atoms with Crippen LogP contribution in [0.4, 0.5) is 0 Å². The topological polar surface area (TPSA) is 50.7 Å². The van der Waals surface area contributed by atoms with E-state index in [1.54, 1.807) is 42.7 Å². The molecule has 0 aliphatic rings. The van der Waals surface area contributed by atoms with Gasteiger partial charge >= 0.3 is 0 Å². The number of benzene rings is 1. The van der Waals surface area contributed by atoms with E-state index in [2.05, 4.69) is 26.5 Å². The molecule has 0 aliphatic heterocycles. The van der Waals surface area contributed by atoms with Crippen molar-refractivity contribution >= 4 is 38.9 Å². The zero-order chi connectivity index (χ0) is 14.5. The van der Waals surface area contributed by atoms with Crippen LogP contribution in [0.2, 0.25) is 0 Å². The van der Waals surface area contributed by atoms with Crippen LogP contribution in [0.3, 0.4) is 0 Å². The predicted octanol–water partition coefficient (Wildman–Crippen LogP) is 3.67. The average molecular weight is 353 g/mol. The van der Waals surface area contributed by atoms with Crippen LogP contribution < -0.4 is 10.2 Å². The van der Waals surface area contributed by atoms with Crippen LogP contribution >= 0.6 is 27.3 Å². The molecular weight excluding hydrogens is 340 g/mol. The van der Waals surface area contributed by atoms with E-state index in [9.17, 15) is 4.79 Å². The summed E-state index contributed by atoms with van der Waals surface area (Å²) in [6.07, 6.45) is 0. The largest absolute Gasteiger partial charge is 0.497 e. The van der Waals surface area contributed by atoms with Gasteiger partial charge in [-0.3, -0.25) is 4.79 Å². The molecule has 0 atom stereocenters. The van der Waals surface area contributed by atoms with Gasteiger partial charge in [-0.05, 0) is 59.3 Å². The molecule has 0 unspecified atom stereocenters. The van der Waals surface area contributed by atoms with E-state index in [1.165, 1.54) is 0 Å². The minimum absolute atomic E-state index is 0.248. The molecule has 104 valence electrons. The third kappa shape index (κ3) is 3.68. The summed E-state index contributed by atoms with van der Waals surface area (Å²) in [7, 11) is 1.59. The first-order valence-corrected chi connectivity index (χ1v) is 7.45. The normalized spacial score (nSPS) is 11.2. The van der Waals surface area contributed by atoms with Crippen molar-refractivity contribution in [1.82, 2.24) is 5.43 Å². The van der Waals surface area contributed by atoms with Gasteiger partial charge in [0.25, 0.3) is 5.91 Å². The summed E-state index contributed by atoms with van der Waals surface area (Å²) < 4.78 is 6.08. The van der Waals surface area contributed by atoms with Crippen molar-refractivity contribution in [2.24, 2.45) is 5.10 Å². The molecule has 1 aromatic carbocycles. The number of hydrazone groups is 1. The number of methoxy groups -OCH3 is 1. The molecule has 0 fully saturated rings. The molecule has 0 bridgehead atoms. The number of carbonyl (C=O) groups is 1. The van der Waals surface area contributed by atoms with Crippen molar-refractivity contribution in [2.75, 3.05) is 7.11 Å². The van der Waals surface area contributed by atoms with Gasteiger partial charge in [0, 0.05) is 5.56 Å². The van der Waals surface area contributed by atoms with E-state index in [0.717, 1.165) is 14.4 Å². The van der Waals surface area contributed by atoms with Crippen molar-refractivity contribution in [3.05, 3.63) is 50.6 Å². The first-order valence-electron chi connectivity index (χ1n) is 5.84. The van der Waals surface area contributed by atoms with Crippen LogP contribution in [0.15, 0.2) is 45.3 Å². The molecule has 1 aromatic heterocycles. The van der Waals surface area contributed by atoms with E-state index in [-0.39, 0.29) is 5.91 Å². The fourth-order valence-electron chi connectivity index (χ4n) is 1.51. The number of rotatable bonds is 4. The lowest BCUT2D eigenvalue weighted by molar-refractivity contribution is 0.0955. The first-order chi connectivity index (χ1) is 9.60. The molecule has 1 amide bonds. The van der Waals surface area contributed by atoms with Gasteiger partial charge in [-0.2, -0.15) is 5.10 Å². The Bertz CT molecular complexity index is 635. The summed E-state index contributed by atoms with van der Waals surface area (Å²) in [4.78, 5) is 12.9. The number of hydrogen-bond donors (Lipinski definition) is 1. The number of hydrogen-bond acceptors (Lipinski definition) is 4. The van der Waals surface area contributed by atoms with Crippen LogP contribution in [-0.2, 0) is 0 Å². The third-order valence-electron chi connectivity index (χ3n) is 2.61. The molecule has 1 N–H and O–H groups in total. The van der Waals surface area contributed by atoms with Crippen molar-refractivity contribution in [2.45, 2.75) is 6.92 Å². The molecule has 0 aliphatic carbocycles. The molecule has 0 spiro atoms. The Kier molecular flexibility index (Phi) is 4.92. The van der Waals surface area contributed by atoms with E-state index >= 15 is 0 Å². The summed E-state index contributed by atoms with van der Waals surface area (Å²) in [5, 5.41) is 4.10. The Morgan fingerprint density at radius 2 is 1.95 bits per heavy atom. The van der Waals surface area contributed by atoms with Gasteiger partial charge in [0.1, 0.15) is 5.75 Å². The molecule has 0 radical (unpaired) electrons. The Morgan fingerprint density at radius 3 is 2.50 bits per heavy atom. The van der Waals surface area contributed by atoms with E-state index in [1.807, 2.05) is 19.1 Å². The quantitative estimate of drug-likeness (QED) is 0.674. The maximum absolute atomic E-state index is 11.9. The lowest BCUT2D eigenvalue weighted by atomic mass is 10.2. The van der Waals surface area contributed by atoms with E-state index < -0.39 is 0 Å². The number of nitrogens with zero attached hydrogens (tertiary/aromatic N) is 1. The van der Waals surface area contributed by atoms with Gasteiger partial charge in [-0.15, -0.1) is 11.3 Å². The zero-order valence-electron chi connectivity index (χ0n) is 11.0. The number of carbonyl (C=O) groups excluding carboxylic acids is 1. The van der Waals surface area contributed by atoms with Crippen molar-refractivity contribution < 1.29 is 9.53 Å². The molecule has 6 heteroatoms. The molecule has 2 rings (SSSR count). The highest BCUT2D eigenvalue weighted by Gasteiger charge is 2.06. The SMILES string of the molecule is COc1ccc(C(=O)N/N=C(\C)c2ccc(Br)s2)cc1. The Balaban J connectivity index is 2.03. The molecule has 2 aromatic rings. The second-order valence-electron chi connectivity index (χ2n) is 3.97. The predicted molar refractivity (Wildman–Crippen MR) is 84.7 cm³/mol. The van der Waals surface area contributed by atoms with Crippen molar-refractivity contribution in [1.29, 1.82) is 0 Å². The zero-order valence-corrected chi connectivity index (χ0v) is 13.4. The van der Waals surface area contributed by atoms with Gasteiger partial charge in [-0.1, -0.05) is 0 Å². The molecule has 0 saturated carbocycles. The van der Waals surface area contributed by atoms with Gasteiger partial charge in [0.15, 0.2) is 0 Å². The van der Waals surface area contributed by atoms with Crippen molar-refractivity contribution in [3.8, 4) is 5.75 Å². The highest BCUT2D eigenvalue weighted by Crippen LogP contribution is 2.22. The Hall–Kier alpha value is -1.66. The lowest BCUT2D eigenvalue weighted by Gasteiger charge is -2.03. The Labute approximate surface area is 129 Å². The minimum atomic E-state index is -0.248. The smallest absolute Gasteiger partial charge is 0.271 e. The summed E-state index contributed by atoms with van der Waals surface area (Å²) in [6.45, 7) is 1.85. The fourth-order valence-corrected chi connectivity index (χ4v) is 2.84. The van der Waals surface area contributed by atoms with Crippen LogP contribution in [0.25, 0.3) is 0 Å². The van der Waals surface area contributed by atoms with E-state index in [4.69, 9.17) is 4.74 Å². The second kappa shape index (κ2) is 6.67. The van der Waals surface area contributed by atoms with Gasteiger partial charge in [0.2, 0.25) is 0 Å². The van der Waals surface area contributed by atoms with Crippen LogP contribution in [-0.4, -0.2) is 18.7 Å². The highest BCUT2D eigenvalue weighted by atomic mass is 79.9. The van der Waals surface area contributed by atoms with Crippen LogP contribution in [0, 0.1) is 0 Å². The maximum atomic E-state index is 11.9. The molecular formula is C14H13BrN2O2S. The standard InChI is InChI=1S/C14H13BrN2O2S/c1-9(12-7-8-13(15)20-12)16-17-14(18)10-3-5-11(19-2)6-4-10/h3-8H,1-2H3,(H,17,18)/b16-9+. The Morgan fingerprint density at radius 1 is 1.25 bits per heavy atom. The summed E-state index contributed by atoms with van der Waals surface area (Å²) in [5.74, 6) is 0.465. The number of thiophene rings is 1. The molecule has 4 nitrogen and oxygen atoms in total. The molecule has 20 heavy (non-hydrogen) atoms. The number of halogens is 1. The van der Waals surface area contributed by atoms with Gasteiger partial charge in [-0.25, -0.2) is 5.43 Å². The molecule has 0 saturated heterocycles. The fraction of sp³-hybridized carbons (Fsp3) is 0.143. The van der Waals surface area contributed by atoms with Gasteiger partial charge in [0.05, 0.1) is 21.5 Å². The van der Waals surface area contributed by atoms with Gasteiger partial charge < -0.3 is 4.74 Å². The highest BCUT2D eigenvalue weighted by molar-refractivity contribution is 9.11. The van der Waals surface area contributed by atoms with Crippen LogP contribution in [0.5, 0.6) is 5.75 Å². The minimum Gasteiger partial charge on any atom is -0.497 e. The third-order valence-corrected chi connectivity index (χ3v) is 4.34. The second-order valence-corrected chi connectivity index (χ2v) is 6.43. The maximum Gasteiger partial charge on any atom is 0.271 e. The summed E-state index contributed by atoms with van der Waals surface area (Å²) in [6, 6.07) is 10.8. The first kappa shape index (κ1) is 14.7. The molecule has 1 heterocycles. The van der Waals surface area contributed by atoms with Crippen molar-refractivity contribution in [3.63, 3.8) is 0 Å². The average Bonchev–Trinajstić information content (AvgIpc) is 2.91. The lowest BCUT2D eigenvalue weighted by Crippen LogP contribution is -2.19. The summed E-state index contributed by atoms with van der Waals surface area (Å²) in [5.41, 5.74) is 3.85. The number of ether oxygens (including phenoxy) is 1. The number of amides is 1. The van der Waals surface area contributed by atoms with Crippen LogP contribution in [0.1, 0.15) is 22.2 Å². The number of nitrogens with one attached hydrogen (secondary N) is 1.